The first-order valence-electron chi connectivity index (χ1n) is 10.7. The quantitative estimate of drug-likeness (QED) is 0.294. The number of ether oxygens (including phenoxy) is 1. The summed E-state index contributed by atoms with van der Waals surface area (Å²) in [6.45, 7) is 1.74. The zero-order valence-corrected chi connectivity index (χ0v) is 19.1. The Balaban J connectivity index is 1.39. The Morgan fingerprint density at radius 3 is 2.41 bits per heavy atom. The summed E-state index contributed by atoms with van der Waals surface area (Å²) < 4.78 is 48.0. The SMILES string of the molecule is C[C@H](Oc1ccc(-c2ccccc2)c(F)c1)c1ccn(S(=O)(=O)c2cccc3ccccc23)n1. The van der Waals surface area contributed by atoms with Gasteiger partial charge in [0.15, 0.2) is 0 Å². The lowest BCUT2D eigenvalue weighted by molar-refractivity contribution is 0.220. The van der Waals surface area contributed by atoms with E-state index in [9.17, 15) is 12.8 Å². The fraction of sp³-hybridized carbons (Fsp3) is 0.0741. The first-order chi connectivity index (χ1) is 16.4. The summed E-state index contributed by atoms with van der Waals surface area (Å²) in [4.78, 5) is 0.174. The molecule has 5 aromatic rings. The average molecular weight is 473 g/mol. The van der Waals surface area contributed by atoms with E-state index in [2.05, 4.69) is 5.10 Å². The van der Waals surface area contributed by atoms with Crippen molar-refractivity contribution >= 4 is 20.8 Å². The normalized spacial score (nSPS) is 12.5. The average Bonchev–Trinajstić information content (AvgIpc) is 3.36. The lowest BCUT2D eigenvalue weighted by atomic mass is 10.1. The summed E-state index contributed by atoms with van der Waals surface area (Å²) in [7, 11) is -3.90. The number of halogens is 1. The van der Waals surface area contributed by atoms with E-state index in [1.165, 1.54) is 12.3 Å². The van der Waals surface area contributed by atoms with Gasteiger partial charge in [-0.05, 0) is 42.1 Å². The zero-order valence-electron chi connectivity index (χ0n) is 18.3. The third-order valence-electron chi connectivity index (χ3n) is 5.62. The summed E-state index contributed by atoms with van der Waals surface area (Å²) >= 11 is 0. The van der Waals surface area contributed by atoms with Crippen LogP contribution in [0.25, 0.3) is 21.9 Å². The molecule has 0 fully saturated rings. The summed E-state index contributed by atoms with van der Waals surface area (Å²) in [5, 5.41) is 5.71. The van der Waals surface area contributed by atoms with Crippen molar-refractivity contribution in [1.82, 2.24) is 9.19 Å². The van der Waals surface area contributed by atoms with E-state index in [4.69, 9.17) is 4.74 Å². The molecule has 0 spiro atoms. The number of hydrogen-bond acceptors (Lipinski definition) is 4. The first kappa shape index (κ1) is 21.9. The topological polar surface area (TPSA) is 61.2 Å². The van der Waals surface area contributed by atoms with Crippen LogP contribution in [0.4, 0.5) is 4.39 Å². The molecule has 5 nitrogen and oxygen atoms in total. The first-order valence-corrected chi connectivity index (χ1v) is 12.2. The highest BCUT2D eigenvalue weighted by atomic mass is 32.2. The van der Waals surface area contributed by atoms with Gasteiger partial charge < -0.3 is 4.74 Å². The van der Waals surface area contributed by atoms with E-state index in [0.29, 0.717) is 22.4 Å². The van der Waals surface area contributed by atoms with Gasteiger partial charge in [0.1, 0.15) is 23.4 Å². The van der Waals surface area contributed by atoms with Crippen LogP contribution in [-0.4, -0.2) is 17.6 Å². The Labute approximate surface area is 197 Å². The molecule has 1 atom stereocenters. The Morgan fingerprint density at radius 1 is 0.882 bits per heavy atom. The highest BCUT2D eigenvalue weighted by molar-refractivity contribution is 7.90. The van der Waals surface area contributed by atoms with E-state index < -0.39 is 21.9 Å². The molecule has 0 aliphatic heterocycles. The molecular formula is C27H21FN2O3S. The Hall–Kier alpha value is -3.97. The summed E-state index contributed by atoms with van der Waals surface area (Å²) in [5.74, 6) is -0.0731. The van der Waals surface area contributed by atoms with E-state index >= 15 is 0 Å². The van der Waals surface area contributed by atoms with E-state index in [1.807, 2.05) is 48.5 Å². The Kier molecular flexibility index (Phi) is 5.63. The predicted octanol–water partition coefficient (Wildman–Crippen LogP) is 6.22. The van der Waals surface area contributed by atoms with Gasteiger partial charge in [-0.2, -0.15) is 17.6 Å². The van der Waals surface area contributed by atoms with Gasteiger partial charge in [-0.1, -0.05) is 66.7 Å². The van der Waals surface area contributed by atoms with Crippen molar-refractivity contribution in [2.24, 2.45) is 0 Å². The molecule has 34 heavy (non-hydrogen) atoms. The molecular weight excluding hydrogens is 451 g/mol. The van der Waals surface area contributed by atoms with Crippen molar-refractivity contribution in [3.05, 3.63) is 115 Å². The van der Waals surface area contributed by atoms with Gasteiger partial charge in [0.2, 0.25) is 0 Å². The molecule has 4 aromatic carbocycles. The van der Waals surface area contributed by atoms with Crippen molar-refractivity contribution in [2.45, 2.75) is 17.9 Å². The van der Waals surface area contributed by atoms with Crippen molar-refractivity contribution in [2.75, 3.05) is 0 Å². The molecule has 0 aliphatic rings. The maximum absolute atomic E-state index is 14.7. The summed E-state index contributed by atoms with van der Waals surface area (Å²) in [6, 6.07) is 27.9. The van der Waals surface area contributed by atoms with Gasteiger partial charge in [-0.25, -0.2) is 4.39 Å². The third kappa shape index (κ3) is 4.06. The zero-order chi connectivity index (χ0) is 23.7. The lowest BCUT2D eigenvalue weighted by Crippen LogP contribution is -2.15. The number of aromatic nitrogens is 2. The minimum Gasteiger partial charge on any atom is -0.484 e. The molecule has 0 bridgehead atoms. The second-order valence-electron chi connectivity index (χ2n) is 7.86. The highest BCUT2D eigenvalue weighted by Gasteiger charge is 2.22. The van der Waals surface area contributed by atoms with Crippen molar-refractivity contribution in [3.8, 4) is 16.9 Å². The van der Waals surface area contributed by atoms with Crippen LogP contribution in [0.3, 0.4) is 0 Å². The minimum absolute atomic E-state index is 0.174. The van der Waals surface area contributed by atoms with E-state index in [-0.39, 0.29) is 4.90 Å². The van der Waals surface area contributed by atoms with Gasteiger partial charge in [0, 0.05) is 23.2 Å². The van der Waals surface area contributed by atoms with Crippen LogP contribution in [-0.2, 0) is 10.0 Å². The fourth-order valence-electron chi connectivity index (χ4n) is 3.88. The van der Waals surface area contributed by atoms with Gasteiger partial charge in [-0.3, -0.25) is 0 Å². The Bertz CT molecular complexity index is 1580. The van der Waals surface area contributed by atoms with Gasteiger partial charge in [0.05, 0.1) is 4.90 Å². The molecule has 0 saturated heterocycles. The molecule has 1 heterocycles. The van der Waals surface area contributed by atoms with Crippen molar-refractivity contribution in [1.29, 1.82) is 0 Å². The number of benzene rings is 4. The van der Waals surface area contributed by atoms with Crippen LogP contribution < -0.4 is 4.74 Å². The molecule has 7 heteroatoms. The van der Waals surface area contributed by atoms with Crippen LogP contribution in [0.2, 0.25) is 0 Å². The lowest BCUT2D eigenvalue weighted by Gasteiger charge is -2.14. The molecule has 0 N–H and O–H groups in total. The maximum atomic E-state index is 14.7. The molecule has 0 unspecified atom stereocenters. The number of nitrogens with zero attached hydrogens (tertiary/aromatic N) is 2. The monoisotopic (exact) mass is 472 g/mol. The van der Waals surface area contributed by atoms with Gasteiger partial charge >= 0.3 is 0 Å². The van der Waals surface area contributed by atoms with Crippen LogP contribution in [0.1, 0.15) is 18.7 Å². The smallest absolute Gasteiger partial charge is 0.283 e. The number of rotatable bonds is 6. The molecule has 5 rings (SSSR count). The van der Waals surface area contributed by atoms with Crippen molar-refractivity contribution in [3.63, 3.8) is 0 Å². The molecule has 1 aromatic heterocycles. The molecule has 0 amide bonds. The standard InChI is InChI=1S/C27H21FN2O3S/c1-19(33-22-14-15-23(25(28)18-22)20-8-3-2-4-9-20)26-16-17-30(29-26)34(31,32)27-13-7-11-21-10-5-6-12-24(21)27/h2-19H,1H3/t19-/m0/s1. The maximum Gasteiger partial charge on any atom is 0.283 e. The van der Waals surface area contributed by atoms with E-state index in [1.54, 1.807) is 49.4 Å². The van der Waals surface area contributed by atoms with Crippen LogP contribution in [0.5, 0.6) is 5.75 Å². The predicted molar refractivity (Wildman–Crippen MR) is 130 cm³/mol. The minimum atomic E-state index is -3.90. The van der Waals surface area contributed by atoms with Crippen LogP contribution in [0.15, 0.2) is 108 Å². The number of fused-ring (bicyclic) bond motifs is 1. The van der Waals surface area contributed by atoms with Crippen LogP contribution >= 0.6 is 0 Å². The summed E-state index contributed by atoms with van der Waals surface area (Å²) in [5.41, 5.74) is 1.67. The second kappa shape index (κ2) is 8.76. The molecule has 0 aliphatic carbocycles. The highest BCUT2D eigenvalue weighted by Crippen LogP contribution is 2.29. The molecule has 0 saturated carbocycles. The Morgan fingerprint density at radius 2 is 1.62 bits per heavy atom. The van der Waals surface area contributed by atoms with Crippen LogP contribution in [0, 0.1) is 5.82 Å². The van der Waals surface area contributed by atoms with Gasteiger partial charge in [0.25, 0.3) is 10.0 Å². The fourth-order valence-corrected chi connectivity index (χ4v) is 5.22. The molecule has 0 radical (unpaired) electrons. The third-order valence-corrected chi connectivity index (χ3v) is 7.22. The molecule has 170 valence electrons. The summed E-state index contributed by atoms with van der Waals surface area (Å²) in [6.07, 6.45) is 0.803. The largest absolute Gasteiger partial charge is 0.484 e. The number of hydrogen-bond donors (Lipinski definition) is 0. The van der Waals surface area contributed by atoms with E-state index in [0.717, 1.165) is 15.0 Å². The van der Waals surface area contributed by atoms with Gasteiger partial charge in [-0.15, -0.1) is 0 Å². The van der Waals surface area contributed by atoms with Crippen molar-refractivity contribution < 1.29 is 17.5 Å². The second-order valence-corrected chi connectivity index (χ2v) is 9.63.